The summed E-state index contributed by atoms with van der Waals surface area (Å²) in [6, 6.07) is 26.9. The Kier molecular flexibility index (Phi) is 17.5. The molecule has 0 heterocycles. The molecule has 0 bridgehead atoms. The molecule has 0 unspecified atom stereocenters. The first-order valence-corrected chi connectivity index (χ1v) is 24.8. The largest absolute Gasteiger partial charge is 0.508 e. The lowest BCUT2D eigenvalue weighted by Gasteiger charge is -2.29. The molecule has 0 aromatic heterocycles. The third-order valence-electron chi connectivity index (χ3n) is 13.8. The third kappa shape index (κ3) is 14.6. The molecule has 8 rings (SSSR count). The van der Waals surface area contributed by atoms with E-state index in [1.807, 2.05) is 0 Å². The fourth-order valence-corrected chi connectivity index (χ4v) is 10.2. The van der Waals surface area contributed by atoms with Crippen molar-refractivity contribution in [1.29, 1.82) is 0 Å². The van der Waals surface area contributed by atoms with Gasteiger partial charge in [-0.1, -0.05) is 0 Å². The zero-order valence-electron chi connectivity index (χ0n) is 42.5. The zero-order valence-corrected chi connectivity index (χ0v) is 42.5. The van der Waals surface area contributed by atoms with Crippen LogP contribution in [0.25, 0.3) is 0 Å². The minimum atomic E-state index is -0.675. The van der Waals surface area contributed by atoms with E-state index >= 15 is 0 Å². The van der Waals surface area contributed by atoms with Crippen LogP contribution in [0.5, 0.6) is 115 Å². The maximum atomic E-state index is 10.3. The first-order valence-electron chi connectivity index (χ1n) is 24.8. The van der Waals surface area contributed by atoms with Gasteiger partial charge in [0.15, 0.2) is 69.0 Å². The lowest BCUT2D eigenvalue weighted by atomic mass is 9.75. The normalized spacial score (nSPS) is 12.7. The van der Waals surface area contributed by atoms with E-state index < -0.39 is 80.8 Å². The van der Waals surface area contributed by atoms with Gasteiger partial charge in [-0.2, -0.15) is 0 Å². The number of aromatic hydroxyl groups is 20. The van der Waals surface area contributed by atoms with Crippen molar-refractivity contribution in [2.45, 2.75) is 63.2 Å². The van der Waals surface area contributed by atoms with E-state index in [-0.39, 0.29) is 83.5 Å². The molecule has 80 heavy (non-hydrogen) atoms. The van der Waals surface area contributed by atoms with Gasteiger partial charge in [0.2, 0.25) is 0 Å². The van der Waals surface area contributed by atoms with Crippen LogP contribution in [0.2, 0.25) is 0 Å². The summed E-state index contributed by atoms with van der Waals surface area (Å²) in [6.07, 6.45) is 2.22. The van der Waals surface area contributed by atoms with Gasteiger partial charge in [0.25, 0.3) is 0 Å². The minimum Gasteiger partial charge on any atom is -0.508 e. The standard InChI is InChI=1S/2C30H30O10/c2*31-20-4-15(5-21(32)13-20)1-2-18(3-16-7-25(35)29(39)26(36)8-16)24(19-11-22(33)14-23(34)12-19)6-17-9-27(37)30(40)28(38)10-17/h2*4-5,7-14,18,24,31-40H,1-3,6H2/t2*18-,24-/m10/s1. The quantitative estimate of drug-likeness (QED) is 0.0356. The van der Waals surface area contributed by atoms with Crippen LogP contribution in [-0.2, 0) is 38.5 Å². The molecule has 4 atom stereocenters. The van der Waals surface area contributed by atoms with Crippen molar-refractivity contribution in [2.75, 3.05) is 0 Å². The lowest BCUT2D eigenvalue weighted by molar-refractivity contribution is 0.358. The van der Waals surface area contributed by atoms with Crippen LogP contribution in [0.3, 0.4) is 0 Å². The Morgan fingerprint density at radius 3 is 0.637 bits per heavy atom. The van der Waals surface area contributed by atoms with Gasteiger partial charge in [-0.15, -0.1) is 0 Å². The predicted octanol–water partition coefficient (Wildman–Crippen LogP) is 9.12. The topological polar surface area (TPSA) is 405 Å². The summed E-state index contributed by atoms with van der Waals surface area (Å²) in [4.78, 5) is 0. The minimum absolute atomic E-state index is 0.121. The second kappa shape index (κ2) is 24.4. The van der Waals surface area contributed by atoms with E-state index in [1.165, 1.54) is 121 Å². The van der Waals surface area contributed by atoms with Gasteiger partial charge >= 0.3 is 0 Å². The van der Waals surface area contributed by atoms with E-state index in [0.717, 1.165) is 0 Å². The Hall–Kier alpha value is -10.2. The number of phenols is 20. The van der Waals surface area contributed by atoms with Gasteiger partial charge < -0.3 is 102 Å². The monoisotopic (exact) mass is 1100 g/mol. The molecule has 0 aliphatic carbocycles. The molecule has 20 heteroatoms. The molecule has 8 aromatic carbocycles. The summed E-state index contributed by atoms with van der Waals surface area (Å²) in [5, 5.41) is 201. The third-order valence-corrected chi connectivity index (χ3v) is 13.8. The maximum absolute atomic E-state index is 10.3. The van der Waals surface area contributed by atoms with E-state index in [9.17, 15) is 102 Å². The number of phenolic OH excluding ortho intramolecular Hbond substituents is 20. The summed E-state index contributed by atoms with van der Waals surface area (Å²) >= 11 is 0. The van der Waals surface area contributed by atoms with Gasteiger partial charge in [0.1, 0.15) is 46.0 Å². The van der Waals surface area contributed by atoms with Crippen LogP contribution < -0.4 is 0 Å². The molecule has 0 spiro atoms. The second-order valence-corrected chi connectivity index (χ2v) is 19.8. The fourth-order valence-electron chi connectivity index (χ4n) is 10.2. The Morgan fingerprint density at radius 2 is 0.412 bits per heavy atom. The molecule has 0 fully saturated rings. The lowest BCUT2D eigenvalue weighted by Crippen LogP contribution is -2.19. The molecule has 0 saturated carbocycles. The van der Waals surface area contributed by atoms with Crippen molar-refractivity contribution < 1.29 is 102 Å². The predicted molar refractivity (Wildman–Crippen MR) is 289 cm³/mol. The highest BCUT2D eigenvalue weighted by atomic mass is 16.3. The Bertz CT molecular complexity index is 3120. The Balaban J connectivity index is 0.000000231. The van der Waals surface area contributed by atoms with E-state index in [1.54, 1.807) is 0 Å². The summed E-state index contributed by atoms with van der Waals surface area (Å²) < 4.78 is 0. The summed E-state index contributed by atoms with van der Waals surface area (Å²) in [5.41, 5.74) is 4.02. The van der Waals surface area contributed by atoms with Crippen LogP contribution in [0.1, 0.15) is 69.2 Å². The average Bonchev–Trinajstić information content (AvgIpc) is 3.36. The number of hydrogen-bond acceptors (Lipinski definition) is 20. The van der Waals surface area contributed by atoms with Crippen molar-refractivity contribution in [2.24, 2.45) is 11.8 Å². The number of benzene rings is 8. The molecule has 0 amide bonds. The zero-order chi connectivity index (χ0) is 58.3. The SMILES string of the molecule is Oc1cc(O)cc(CC[C@@H](Cc2cc(O)c(O)c(O)c2)[C@H](Cc2cc(O)c(O)c(O)c2)c2cc(O)cc(O)c2)c1.Oc1cc(O)cc(CC[C@H](Cc2cc(O)c(O)c(O)c2)[C@@H](Cc2cc(O)c(O)c(O)c2)c2cc(O)cc(O)c2)c1. The highest BCUT2D eigenvalue weighted by Gasteiger charge is 2.29. The van der Waals surface area contributed by atoms with Gasteiger partial charge in [0, 0.05) is 24.3 Å². The molecule has 8 aromatic rings. The van der Waals surface area contributed by atoms with Gasteiger partial charge in [-0.25, -0.2) is 0 Å². The Morgan fingerprint density at radius 1 is 0.212 bits per heavy atom. The Labute approximate surface area is 456 Å². The molecule has 0 radical (unpaired) electrons. The highest BCUT2D eigenvalue weighted by Crippen LogP contribution is 2.46. The summed E-state index contributed by atoms with van der Waals surface area (Å²) in [7, 11) is 0. The fraction of sp³-hybridized carbons (Fsp3) is 0.200. The van der Waals surface area contributed by atoms with Crippen LogP contribution in [0.15, 0.2) is 121 Å². The molecule has 0 aliphatic heterocycles. The van der Waals surface area contributed by atoms with Gasteiger partial charge in [-0.05, 0) is 217 Å². The number of rotatable bonds is 18. The first kappa shape index (κ1) is 57.5. The molecular weight excluding hydrogens is 1040 g/mol. The van der Waals surface area contributed by atoms with Gasteiger partial charge in [0.05, 0.1) is 0 Å². The van der Waals surface area contributed by atoms with Gasteiger partial charge in [-0.3, -0.25) is 0 Å². The number of hydrogen-bond donors (Lipinski definition) is 20. The van der Waals surface area contributed by atoms with Crippen LogP contribution in [-0.4, -0.2) is 102 Å². The summed E-state index contributed by atoms with van der Waals surface area (Å²) in [5.74, 6) is -10.0. The number of aryl methyl sites for hydroxylation is 2. The van der Waals surface area contributed by atoms with E-state index in [0.29, 0.717) is 70.2 Å². The molecular formula is C60H60O20. The van der Waals surface area contributed by atoms with Crippen molar-refractivity contribution >= 4 is 0 Å². The van der Waals surface area contributed by atoms with E-state index in [2.05, 4.69) is 0 Å². The van der Waals surface area contributed by atoms with Crippen LogP contribution in [0, 0.1) is 11.8 Å². The van der Waals surface area contributed by atoms with E-state index in [4.69, 9.17) is 0 Å². The smallest absolute Gasteiger partial charge is 0.200 e. The molecule has 0 saturated heterocycles. The average molecular weight is 1100 g/mol. The maximum Gasteiger partial charge on any atom is 0.200 e. The van der Waals surface area contributed by atoms with Crippen LogP contribution >= 0.6 is 0 Å². The van der Waals surface area contributed by atoms with Crippen LogP contribution in [0.4, 0.5) is 0 Å². The first-order chi connectivity index (χ1) is 37.8. The summed E-state index contributed by atoms with van der Waals surface area (Å²) in [6.45, 7) is 0. The molecule has 0 aliphatic rings. The van der Waals surface area contributed by atoms with Crippen molar-refractivity contribution in [3.63, 3.8) is 0 Å². The van der Waals surface area contributed by atoms with Crippen molar-refractivity contribution in [3.8, 4) is 115 Å². The van der Waals surface area contributed by atoms with Crippen molar-refractivity contribution in [3.05, 3.63) is 166 Å². The molecule has 20 N–H and O–H groups in total. The van der Waals surface area contributed by atoms with Crippen molar-refractivity contribution in [1.82, 2.24) is 0 Å². The highest BCUT2D eigenvalue weighted by molar-refractivity contribution is 5.55. The second-order valence-electron chi connectivity index (χ2n) is 19.8. The molecule has 20 nitrogen and oxygen atoms in total. The molecule has 420 valence electrons.